The van der Waals surface area contributed by atoms with Crippen LogP contribution in [0.4, 0.5) is 0 Å². The van der Waals surface area contributed by atoms with Crippen LogP contribution in [0.5, 0.6) is 0 Å². The van der Waals surface area contributed by atoms with Gasteiger partial charge in [0.05, 0.1) is 17.0 Å². The van der Waals surface area contributed by atoms with Crippen LogP contribution in [0.15, 0.2) is 4.99 Å². The molecular weight excluding hydrogens is 184 g/mol. The normalized spacial score (nSPS) is 13.0. The minimum Gasteiger partial charge on any atom is -0.303 e. The summed E-state index contributed by atoms with van der Waals surface area (Å²) in [6.45, 7) is 10.7. The van der Waals surface area contributed by atoms with Crippen LogP contribution in [0.1, 0.15) is 66.7 Å². The molecule has 15 heavy (non-hydrogen) atoms. The van der Waals surface area contributed by atoms with Gasteiger partial charge in [-0.3, -0.25) is 4.99 Å². The molecule has 2 nitrogen and oxygen atoms in total. The molecule has 0 aromatic rings. The molecule has 0 unspecified atom stereocenters. The van der Waals surface area contributed by atoms with Crippen LogP contribution >= 0.6 is 0 Å². The van der Waals surface area contributed by atoms with Gasteiger partial charge in [0.1, 0.15) is 0 Å². The first-order valence-electron chi connectivity index (χ1n) is 6.13. The second-order valence-corrected chi connectivity index (χ2v) is 4.70. The Labute approximate surface area is 94.7 Å². The van der Waals surface area contributed by atoms with Crippen molar-refractivity contribution in [3.63, 3.8) is 0 Å². The molecule has 0 atom stereocenters. The summed E-state index contributed by atoms with van der Waals surface area (Å²) in [6, 6.07) is 0. The zero-order valence-electron chi connectivity index (χ0n) is 11.0. The third-order valence-electron chi connectivity index (χ3n) is 2.64. The van der Waals surface area contributed by atoms with Crippen molar-refractivity contribution in [2.75, 3.05) is 0 Å². The first-order valence-corrected chi connectivity index (χ1v) is 6.13. The summed E-state index contributed by atoms with van der Waals surface area (Å²) in [5, 5.41) is 7.97. The summed E-state index contributed by atoms with van der Waals surface area (Å²) in [5.74, 6) is 0. The fraction of sp³-hybridized carbons (Fsp3) is 0.846. The highest BCUT2D eigenvalue weighted by molar-refractivity contribution is 6.41. The zero-order chi connectivity index (χ0) is 11.9. The molecule has 0 saturated heterocycles. The molecule has 0 amide bonds. The van der Waals surface area contributed by atoms with E-state index in [1.165, 1.54) is 0 Å². The van der Waals surface area contributed by atoms with Gasteiger partial charge < -0.3 is 5.41 Å². The van der Waals surface area contributed by atoms with E-state index in [0.29, 0.717) is 0 Å². The minimum absolute atomic E-state index is 0.00938. The molecule has 0 aliphatic rings. The number of hydrogen-bond donors (Lipinski definition) is 1. The van der Waals surface area contributed by atoms with Gasteiger partial charge in [0.2, 0.25) is 0 Å². The molecule has 0 bridgehead atoms. The lowest BCUT2D eigenvalue weighted by Gasteiger charge is -2.20. The van der Waals surface area contributed by atoms with E-state index in [1.54, 1.807) is 0 Å². The van der Waals surface area contributed by atoms with Gasteiger partial charge in [-0.25, -0.2) is 0 Å². The van der Waals surface area contributed by atoms with Crippen molar-refractivity contribution in [3.05, 3.63) is 0 Å². The van der Waals surface area contributed by atoms with Crippen LogP contribution in [-0.2, 0) is 0 Å². The van der Waals surface area contributed by atoms with Crippen molar-refractivity contribution >= 4 is 11.4 Å². The van der Waals surface area contributed by atoms with Gasteiger partial charge in [0, 0.05) is 0 Å². The molecule has 0 aliphatic heterocycles. The van der Waals surface area contributed by atoms with Gasteiger partial charge in [-0.2, -0.15) is 0 Å². The predicted octanol–water partition coefficient (Wildman–Crippen LogP) is 4.24. The van der Waals surface area contributed by atoms with Gasteiger partial charge in [-0.05, 0) is 33.1 Å². The summed E-state index contributed by atoms with van der Waals surface area (Å²) >= 11 is 0. The Bertz CT molecular complexity index is 227. The first-order chi connectivity index (χ1) is 6.96. The fourth-order valence-corrected chi connectivity index (χ4v) is 1.35. The quantitative estimate of drug-likeness (QED) is 0.610. The van der Waals surface area contributed by atoms with E-state index in [2.05, 4.69) is 34.6 Å². The summed E-state index contributed by atoms with van der Waals surface area (Å²) < 4.78 is 0. The second-order valence-electron chi connectivity index (χ2n) is 4.70. The van der Waals surface area contributed by atoms with Crippen LogP contribution in [0.3, 0.4) is 0 Å². The Hall–Kier alpha value is -0.660. The highest BCUT2D eigenvalue weighted by atomic mass is 14.9. The van der Waals surface area contributed by atoms with E-state index in [-0.39, 0.29) is 5.54 Å². The number of rotatable bonds is 7. The average molecular weight is 210 g/mol. The maximum atomic E-state index is 7.97. The molecular formula is C13H26N2. The predicted molar refractivity (Wildman–Crippen MR) is 69.3 cm³/mol. The molecule has 0 saturated carbocycles. The third-order valence-corrected chi connectivity index (χ3v) is 2.64. The van der Waals surface area contributed by atoms with Crippen LogP contribution in [0.2, 0.25) is 0 Å². The van der Waals surface area contributed by atoms with Gasteiger partial charge in [0.15, 0.2) is 0 Å². The van der Waals surface area contributed by atoms with Gasteiger partial charge in [-0.15, -0.1) is 0 Å². The van der Waals surface area contributed by atoms with E-state index in [1.807, 2.05) is 0 Å². The Morgan fingerprint density at radius 3 is 2.00 bits per heavy atom. The lowest BCUT2D eigenvalue weighted by molar-refractivity contribution is 0.504. The Balaban J connectivity index is 4.71. The van der Waals surface area contributed by atoms with Crippen molar-refractivity contribution in [3.8, 4) is 0 Å². The molecule has 0 heterocycles. The SMILES string of the molecule is CCCC(=N)C(CCC)=NC(C)(C)CC. The Morgan fingerprint density at radius 2 is 1.60 bits per heavy atom. The fourth-order valence-electron chi connectivity index (χ4n) is 1.35. The summed E-state index contributed by atoms with van der Waals surface area (Å²) in [6.07, 6.45) is 4.94. The lowest BCUT2D eigenvalue weighted by Crippen LogP contribution is -2.22. The van der Waals surface area contributed by atoms with E-state index in [9.17, 15) is 0 Å². The summed E-state index contributed by atoms with van der Waals surface area (Å²) in [7, 11) is 0. The highest BCUT2D eigenvalue weighted by Gasteiger charge is 2.15. The van der Waals surface area contributed by atoms with Crippen LogP contribution in [0.25, 0.3) is 0 Å². The van der Waals surface area contributed by atoms with Gasteiger partial charge in [0.25, 0.3) is 0 Å². The van der Waals surface area contributed by atoms with E-state index < -0.39 is 0 Å². The first kappa shape index (κ1) is 14.3. The largest absolute Gasteiger partial charge is 0.303 e. The molecule has 0 rings (SSSR count). The molecule has 0 fully saturated rings. The maximum Gasteiger partial charge on any atom is 0.0562 e. The topological polar surface area (TPSA) is 36.2 Å². The van der Waals surface area contributed by atoms with E-state index in [0.717, 1.165) is 43.5 Å². The van der Waals surface area contributed by atoms with Gasteiger partial charge in [-0.1, -0.05) is 33.6 Å². The van der Waals surface area contributed by atoms with Crippen molar-refractivity contribution in [1.82, 2.24) is 0 Å². The molecule has 88 valence electrons. The molecule has 0 aromatic heterocycles. The number of hydrogen-bond acceptors (Lipinski definition) is 2. The lowest BCUT2D eigenvalue weighted by atomic mass is 10.00. The molecule has 1 N–H and O–H groups in total. The van der Waals surface area contributed by atoms with E-state index >= 15 is 0 Å². The van der Waals surface area contributed by atoms with Crippen molar-refractivity contribution < 1.29 is 0 Å². The number of nitrogens with one attached hydrogen (secondary N) is 1. The van der Waals surface area contributed by atoms with E-state index in [4.69, 9.17) is 10.4 Å². The van der Waals surface area contributed by atoms with Crippen LogP contribution in [0, 0.1) is 5.41 Å². The zero-order valence-corrected chi connectivity index (χ0v) is 11.0. The van der Waals surface area contributed by atoms with Crippen molar-refractivity contribution in [2.45, 2.75) is 72.3 Å². The number of aliphatic imine (C=N–C) groups is 1. The van der Waals surface area contributed by atoms with Crippen molar-refractivity contribution in [1.29, 1.82) is 5.41 Å². The Kier molecular flexibility index (Phi) is 6.46. The molecule has 0 spiro atoms. The minimum atomic E-state index is -0.00938. The third kappa shape index (κ3) is 5.71. The van der Waals surface area contributed by atoms with Gasteiger partial charge >= 0.3 is 0 Å². The van der Waals surface area contributed by atoms with Crippen molar-refractivity contribution in [2.24, 2.45) is 4.99 Å². The second kappa shape index (κ2) is 6.76. The summed E-state index contributed by atoms with van der Waals surface area (Å²) in [4.78, 5) is 4.73. The molecule has 0 aliphatic carbocycles. The molecule has 0 aromatic carbocycles. The maximum absolute atomic E-state index is 7.97. The summed E-state index contributed by atoms with van der Waals surface area (Å²) in [5.41, 5.74) is 1.75. The standard InChI is InChI=1S/C13H26N2/c1-6-9-11(14)12(10-7-2)15-13(4,5)8-3/h14H,6-10H2,1-5H3. The number of nitrogens with zero attached hydrogens (tertiary/aromatic N) is 1. The van der Waals surface area contributed by atoms with Crippen LogP contribution < -0.4 is 0 Å². The molecule has 2 heteroatoms. The average Bonchev–Trinajstić information content (AvgIpc) is 2.17. The highest BCUT2D eigenvalue weighted by Crippen LogP contribution is 2.15. The smallest absolute Gasteiger partial charge is 0.0562 e. The Morgan fingerprint density at radius 1 is 1.07 bits per heavy atom. The van der Waals surface area contributed by atoms with Crippen LogP contribution in [-0.4, -0.2) is 17.0 Å². The molecule has 0 radical (unpaired) electrons. The monoisotopic (exact) mass is 210 g/mol.